The van der Waals surface area contributed by atoms with E-state index in [0.29, 0.717) is 27.9 Å². The lowest BCUT2D eigenvalue weighted by molar-refractivity contribution is -0.111. The van der Waals surface area contributed by atoms with E-state index in [0.717, 1.165) is 5.56 Å². The van der Waals surface area contributed by atoms with E-state index in [1.165, 1.54) is 30.5 Å². The standard InChI is InChI=1S/C20H16ClN5O3/c1-28-19-10-14(2-6-18(19)29-9-8-22)3-7-20(27)25-16-11-15(21)4-5-17(16)26-13-23-12-24-26/h2-7,10-13H,9H2,1H3,(H,25,27)/b7-3+. The molecule has 9 heteroatoms. The second-order valence-electron chi connectivity index (χ2n) is 5.68. The third-order valence-electron chi connectivity index (χ3n) is 3.79. The first-order chi connectivity index (χ1) is 14.1. The molecular formula is C20H16ClN5O3. The van der Waals surface area contributed by atoms with E-state index in [-0.39, 0.29) is 12.5 Å². The first-order valence-electron chi connectivity index (χ1n) is 8.42. The number of ether oxygens (including phenoxy) is 2. The maximum Gasteiger partial charge on any atom is 0.248 e. The first kappa shape index (κ1) is 19.9. The van der Waals surface area contributed by atoms with Crippen LogP contribution in [0.3, 0.4) is 0 Å². The Labute approximate surface area is 172 Å². The van der Waals surface area contributed by atoms with Crippen molar-refractivity contribution in [1.29, 1.82) is 5.26 Å². The fourth-order valence-electron chi connectivity index (χ4n) is 2.50. The summed E-state index contributed by atoms with van der Waals surface area (Å²) in [5.74, 6) is 0.565. The number of anilines is 1. The third kappa shape index (κ3) is 5.12. The van der Waals surface area contributed by atoms with E-state index in [4.69, 9.17) is 26.3 Å². The number of nitrogens with one attached hydrogen (secondary N) is 1. The molecule has 0 aliphatic carbocycles. The molecule has 1 aromatic heterocycles. The Morgan fingerprint density at radius 2 is 2.17 bits per heavy atom. The summed E-state index contributed by atoms with van der Waals surface area (Å²) in [6, 6.07) is 12.1. The number of carbonyl (C=O) groups is 1. The number of hydrogen-bond donors (Lipinski definition) is 1. The van der Waals surface area contributed by atoms with Crippen LogP contribution in [-0.4, -0.2) is 34.4 Å². The fourth-order valence-corrected chi connectivity index (χ4v) is 2.68. The summed E-state index contributed by atoms with van der Waals surface area (Å²) in [7, 11) is 1.50. The van der Waals surface area contributed by atoms with E-state index in [2.05, 4.69) is 15.4 Å². The number of nitriles is 1. The number of hydrogen-bond acceptors (Lipinski definition) is 6. The minimum Gasteiger partial charge on any atom is -0.493 e. The van der Waals surface area contributed by atoms with Crippen LogP contribution in [-0.2, 0) is 4.79 Å². The van der Waals surface area contributed by atoms with E-state index in [1.54, 1.807) is 42.5 Å². The van der Waals surface area contributed by atoms with Gasteiger partial charge in [0, 0.05) is 11.1 Å². The molecule has 2 aromatic carbocycles. The number of methoxy groups -OCH3 is 1. The monoisotopic (exact) mass is 409 g/mol. The van der Waals surface area contributed by atoms with E-state index in [9.17, 15) is 4.79 Å². The van der Waals surface area contributed by atoms with Crippen LogP contribution in [0, 0.1) is 11.3 Å². The lowest BCUT2D eigenvalue weighted by Gasteiger charge is -2.10. The molecule has 146 valence electrons. The molecule has 0 radical (unpaired) electrons. The zero-order valence-corrected chi connectivity index (χ0v) is 16.1. The molecule has 0 fully saturated rings. The maximum absolute atomic E-state index is 12.4. The zero-order chi connectivity index (χ0) is 20.6. The quantitative estimate of drug-likeness (QED) is 0.599. The normalized spacial score (nSPS) is 10.5. The first-order valence-corrected chi connectivity index (χ1v) is 8.80. The van der Waals surface area contributed by atoms with Crippen molar-refractivity contribution in [3.8, 4) is 23.3 Å². The summed E-state index contributed by atoms with van der Waals surface area (Å²) in [6.45, 7) is -0.0817. The molecule has 0 saturated carbocycles. The Kier molecular flexibility index (Phi) is 6.45. The Hall–Kier alpha value is -3.83. The fraction of sp³-hybridized carbons (Fsp3) is 0.100. The molecule has 8 nitrogen and oxygen atoms in total. The molecule has 3 aromatic rings. The van der Waals surface area contributed by atoms with Crippen molar-refractivity contribution in [3.63, 3.8) is 0 Å². The predicted octanol–water partition coefficient (Wildman–Crippen LogP) is 3.48. The van der Waals surface area contributed by atoms with Crippen molar-refractivity contribution < 1.29 is 14.3 Å². The second-order valence-corrected chi connectivity index (χ2v) is 6.12. The van der Waals surface area contributed by atoms with Gasteiger partial charge < -0.3 is 14.8 Å². The van der Waals surface area contributed by atoms with E-state index in [1.807, 2.05) is 6.07 Å². The predicted molar refractivity (Wildman–Crippen MR) is 108 cm³/mol. The van der Waals surface area contributed by atoms with Crippen LogP contribution in [0.2, 0.25) is 5.02 Å². The van der Waals surface area contributed by atoms with Crippen molar-refractivity contribution in [2.24, 2.45) is 0 Å². The van der Waals surface area contributed by atoms with E-state index >= 15 is 0 Å². The molecule has 0 aliphatic heterocycles. The lowest BCUT2D eigenvalue weighted by atomic mass is 10.2. The molecular weight excluding hydrogens is 394 g/mol. The molecule has 29 heavy (non-hydrogen) atoms. The lowest BCUT2D eigenvalue weighted by Crippen LogP contribution is -2.11. The van der Waals surface area contributed by atoms with Crippen molar-refractivity contribution >= 4 is 29.3 Å². The number of aromatic nitrogens is 3. The van der Waals surface area contributed by atoms with Gasteiger partial charge in [-0.3, -0.25) is 4.79 Å². The molecule has 0 bridgehead atoms. The number of halogens is 1. The van der Waals surface area contributed by atoms with Gasteiger partial charge in [-0.1, -0.05) is 17.7 Å². The van der Waals surface area contributed by atoms with Gasteiger partial charge >= 0.3 is 0 Å². The number of rotatable bonds is 7. The molecule has 0 unspecified atom stereocenters. The number of carbonyl (C=O) groups excluding carboxylic acids is 1. The number of amides is 1. The maximum atomic E-state index is 12.4. The zero-order valence-electron chi connectivity index (χ0n) is 15.4. The number of nitrogens with zero attached hydrogens (tertiary/aromatic N) is 4. The Morgan fingerprint density at radius 1 is 1.31 bits per heavy atom. The third-order valence-corrected chi connectivity index (χ3v) is 4.02. The van der Waals surface area contributed by atoms with Gasteiger partial charge in [-0.25, -0.2) is 9.67 Å². The summed E-state index contributed by atoms with van der Waals surface area (Å²) in [5.41, 5.74) is 1.86. The summed E-state index contributed by atoms with van der Waals surface area (Å²) >= 11 is 6.06. The van der Waals surface area contributed by atoms with Crippen molar-refractivity contribution in [2.75, 3.05) is 19.0 Å². The Bertz CT molecular complexity index is 1070. The summed E-state index contributed by atoms with van der Waals surface area (Å²) < 4.78 is 12.1. The topological polar surface area (TPSA) is 102 Å². The van der Waals surface area contributed by atoms with Gasteiger partial charge in [0.05, 0.1) is 18.5 Å². The second kappa shape index (κ2) is 9.39. The summed E-state index contributed by atoms with van der Waals surface area (Å²) in [4.78, 5) is 16.3. The average molecular weight is 410 g/mol. The van der Waals surface area contributed by atoms with Crippen LogP contribution in [0.1, 0.15) is 5.56 Å². The minimum atomic E-state index is -0.350. The summed E-state index contributed by atoms with van der Waals surface area (Å²) in [5, 5.41) is 16.0. The molecule has 0 atom stereocenters. The minimum absolute atomic E-state index is 0.0817. The van der Waals surface area contributed by atoms with Crippen molar-refractivity contribution in [1.82, 2.24) is 14.8 Å². The van der Waals surface area contributed by atoms with Crippen LogP contribution < -0.4 is 14.8 Å². The molecule has 1 heterocycles. The highest BCUT2D eigenvalue weighted by molar-refractivity contribution is 6.31. The molecule has 1 N–H and O–H groups in total. The van der Waals surface area contributed by atoms with Crippen LogP contribution in [0.15, 0.2) is 55.1 Å². The van der Waals surface area contributed by atoms with Gasteiger partial charge in [0.1, 0.15) is 18.7 Å². The molecule has 0 spiro atoms. The molecule has 3 rings (SSSR count). The van der Waals surface area contributed by atoms with Crippen LogP contribution in [0.4, 0.5) is 5.69 Å². The van der Waals surface area contributed by atoms with Crippen LogP contribution in [0.5, 0.6) is 11.5 Å². The highest BCUT2D eigenvalue weighted by Crippen LogP contribution is 2.28. The molecule has 0 saturated heterocycles. The van der Waals surface area contributed by atoms with Crippen LogP contribution in [0.25, 0.3) is 11.8 Å². The van der Waals surface area contributed by atoms with Gasteiger partial charge in [-0.15, -0.1) is 0 Å². The highest BCUT2D eigenvalue weighted by Gasteiger charge is 2.09. The number of benzene rings is 2. The van der Waals surface area contributed by atoms with E-state index < -0.39 is 0 Å². The largest absolute Gasteiger partial charge is 0.493 e. The molecule has 1 amide bonds. The molecule has 0 aliphatic rings. The van der Waals surface area contributed by atoms with Gasteiger partial charge in [0.15, 0.2) is 18.1 Å². The van der Waals surface area contributed by atoms with Crippen molar-refractivity contribution in [3.05, 3.63) is 65.7 Å². The highest BCUT2D eigenvalue weighted by atomic mass is 35.5. The average Bonchev–Trinajstić information content (AvgIpc) is 3.25. The Morgan fingerprint density at radius 3 is 2.90 bits per heavy atom. The SMILES string of the molecule is COc1cc(/C=C/C(=O)Nc2cc(Cl)ccc2-n2cncn2)ccc1OCC#N. The van der Waals surface area contributed by atoms with Gasteiger partial charge in [-0.05, 0) is 42.0 Å². The van der Waals surface area contributed by atoms with Crippen molar-refractivity contribution in [2.45, 2.75) is 0 Å². The Balaban J connectivity index is 1.75. The van der Waals surface area contributed by atoms with Gasteiger partial charge in [0.25, 0.3) is 0 Å². The smallest absolute Gasteiger partial charge is 0.248 e. The van der Waals surface area contributed by atoms with Crippen LogP contribution >= 0.6 is 11.6 Å². The summed E-state index contributed by atoms with van der Waals surface area (Å²) in [6.07, 6.45) is 5.94. The van der Waals surface area contributed by atoms with Gasteiger partial charge in [0.2, 0.25) is 5.91 Å². The van der Waals surface area contributed by atoms with Gasteiger partial charge in [-0.2, -0.15) is 10.4 Å².